The van der Waals surface area contributed by atoms with E-state index >= 15 is 0 Å². The highest BCUT2D eigenvalue weighted by atomic mass is 31.2. The fraction of sp³-hybridized carbons (Fsp3) is 0.250. The van der Waals surface area contributed by atoms with Crippen LogP contribution in [-0.4, -0.2) is 32.5 Å². The van der Waals surface area contributed by atoms with Gasteiger partial charge in [0.2, 0.25) is 0 Å². The van der Waals surface area contributed by atoms with Gasteiger partial charge in [-0.25, -0.2) is 4.98 Å². The zero-order valence-corrected chi connectivity index (χ0v) is 18.6. The minimum Gasteiger partial charge on any atom is -0.493 e. The molecule has 2 aromatic heterocycles. The number of nitrogen functional groups attached to an aromatic ring is 1. The topological polar surface area (TPSA) is 101 Å². The van der Waals surface area contributed by atoms with Crippen LogP contribution in [0.25, 0.3) is 21.8 Å². The quantitative estimate of drug-likeness (QED) is 0.293. The summed E-state index contributed by atoms with van der Waals surface area (Å²) in [5.41, 5.74) is 12.5. The van der Waals surface area contributed by atoms with Gasteiger partial charge in [-0.05, 0) is 73.2 Å². The molecule has 4 aromatic rings. The lowest BCUT2D eigenvalue weighted by atomic mass is 9.99. The van der Waals surface area contributed by atoms with E-state index in [9.17, 15) is 0 Å². The lowest BCUT2D eigenvalue weighted by Gasteiger charge is -2.11. The highest BCUT2D eigenvalue weighted by Gasteiger charge is 2.10. The molecule has 0 fully saturated rings. The van der Waals surface area contributed by atoms with E-state index in [2.05, 4.69) is 41.2 Å². The summed E-state index contributed by atoms with van der Waals surface area (Å²) in [4.78, 5) is 27.1. The summed E-state index contributed by atoms with van der Waals surface area (Å²) in [6.07, 6.45) is 3.88. The Labute approximate surface area is 182 Å². The van der Waals surface area contributed by atoms with Crippen molar-refractivity contribution in [2.75, 3.05) is 18.5 Å². The van der Waals surface area contributed by atoms with Crippen LogP contribution >= 0.6 is 8.38 Å². The highest BCUT2D eigenvalue weighted by molar-refractivity contribution is 7.45. The summed E-state index contributed by atoms with van der Waals surface area (Å²) in [6, 6.07) is 14.4. The Morgan fingerprint density at radius 1 is 1.00 bits per heavy atom. The van der Waals surface area contributed by atoms with Crippen LogP contribution in [-0.2, 0) is 12.8 Å². The Bertz CT molecular complexity index is 1240. The number of nitrogens with two attached hydrogens (primary N) is 1. The summed E-state index contributed by atoms with van der Waals surface area (Å²) >= 11 is 0. The van der Waals surface area contributed by atoms with E-state index < -0.39 is 8.38 Å². The largest absolute Gasteiger partial charge is 0.493 e. The molecular weight excluding hydrogens is 409 g/mol. The Morgan fingerprint density at radius 2 is 1.84 bits per heavy atom. The number of hydrogen-bond donors (Lipinski definition) is 3. The second-order valence-electron chi connectivity index (χ2n) is 7.79. The SMILES string of the molecule is Cc1ccc2c(c1)nc(N)c1ncc(CCc3ccc(OCCP(O)O)cc3C)cc12. The molecule has 7 heteroatoms. The molecule has 0 unspecified atom stereocenters. The van der Waals surface area contributed by atoms with Gasteiger partial charge >= 0.3 is 0 Å². The van der Waals surface area contributed by atoms with Crippen LogP contribution in [0.5, 0.6) is 5.75 Å². The van der Waals surface area contributed by atoms with Crippen molar-refractivity contribution in [3.8, 4) is 5.75 Å². The predicted octanol–water partition coefficient (Wildman–Crippen LogP) is 4.44. The highest BCUT2D eigenvalue weighted by Crippen LogP contribution is 2.28. The van der Waals surface area contributed by atoms with Gasteiger partial charge in [-0.1, -0.05) is 18.2 Å². The van der Waals surface area contributed by atoms with Crippen LogP contribution in [0.4, 0.5) is 5.82 Å². The molecule has 0 aliphatic rings. The number of ether oxygens (including phenoxy) is 1. The maximum atomic E-state index is 8.98. The standard InChI is InChI=1S/C24H26N3O3P/c1-15-3-8-20-21-13-17(14-26-23(21)24(25)27-22(20)11-15)4-5-18-6-7-19(12-16(18)2)30-9-10-31(28)29/h3,6-8,11-14,28-29H,4-5,9-10H2,1-2H3,(H2,25,27). The third kappa shape index (κ3) is 4.93. The van der Waals surface area contributed by atoms with E-state index in [4.69, 9.17) is 20.3 Å². The van der Waals surface area contributed by atoms with Gasteiger partial charge in [0, 0.05) is 17.0 Å². The second-order valence-corrected chi connectivity index (χ2v) is 8.98. The predicted molar refractivity (Wildman–Crippen MR) is 127 cm³/mol. The van der Waals surface area contributed by atoms with Gasteiger partial charge in [-0.15, -0.1) is 0 Å². The van der Waals surface area contributed by atoms with Crippen molar-refractivity contribution in [1.82, 2.24) is 9.97 Å². The third-order valence-corrected chi connectivity index (χ3v) is 6.01. The summed E-state index contributed by atoms with van der Waals surface area (Å²) in [7, 11) is -1.91. The van der Waals surface area contributed by atoms with Crippen molar-refractivity contribution in [2.45, 2.75) is 26.7 Å². The molecule has 6 nitrogen and oxygen atoms in total. The van der Waals surface area contributed by atoms with Gasteiger partial charge in [0.05, 0.1) is 18.3 Å². The van der Waals surface area contributed by atoms with Crippen LogP contribution in [0.3, 0.4) is 0 Å². The molecule has 0 atom stereocenters. The molecule has 0 radical (unpaired) electrons. The van der Waals surface area contributed by atoms with Crippen molar-refractivity contribution in [3.63, 3.8) is 0 Å². The fourth-order valence-corrected chi connectivity index (χ4v) is 4.02. The molecule has 0 spiro atoms. The van der Waals surface area contributed by atoms with Gasteiger partial charge in [-0.3, -0.25) is 4.98 Å². The number of benzene rings is 2. The molecule has 0 aliphatic carbocycles. The molecule has 160 valence electrons. The lowest BCUT2D eigenvalue weighted by Crippen LogP contribution is -2.02. The fourth-order valence-electron chi connectivity index (χ4n) is 3.76. The van der Waals surface area contributed by atoms with Crippen LogP contribution in [0.1, 0.15) is 22.3 Å². The molecule has 2 heterocycles. The van der Waals surface area contributed by atoms with Crippen molar-refractivity contribution < 1.29 is 14.5 Å². The molecular formula is C24H26N3O3P. The van der Waals surface area contributed by atoms with E-state index in [-0.39, 0.29) is 6.16 Å². The first kappa shape index (κ1) is 21.4. The summed E-state index contributed by atoms with van der Waals surface area (Å²) in [5.74, 6) is 1.20. The van der Waals surface area contributed by atoms with Crippen molar-refractivity contribution >= 4 is 36.0 Å². The number of pyridine rings is 2. The smallest absolute Gasteiger partial charge is 0.168 e. The number of aryl methyl sites for hydroxylation is 4. The average molecular weight is 435 g/mol. The van der Waals surface area contributed by atoms with Gasteiger partial charge in [-0.2, -0.15) is 0 Å². The summed E-state index contributed by atoms with van der Waals surface area (Å²) in [6.45, 7) is 4.41. The van der Waals surface area contributed by atoms with Crippen LogP contribution in [0.2, 0.25) is 0 Å². The average Bonchev–Trinajstić information content (AvgIpc) is 2.72. The summed E-state index contributed by atoms with van der Waals surface area (Å²) < 4.78 is 5.59. The molecule has 0 saturated heterocycles. The molecule has 0 aliphatic heterocycles. The Kier molecular flexibility index (Phi) is 6.33. The zero-order valence-electron chi connectivity index (χ0n) is 17.7. The number of hydrogen-bond acceptors (Lipinski definition) is 6. The van der Waals surface area contributed by atoms with Crippen LogP contribution < -0.4 is 10.5 Å². The Hall–Kier alpha value is -2.79. The first-order chi connectivity index (χ1) is 14.9. The molecule has 0 bridgehead atoms. The van der Waals surface area contributed by atoms with Gasteiger partial charge < -0.3 is 20.3 Å². The first-order valence-corrected chi connectivity index (χ1v) is 11.7. The normalized spacial score (nSPS) is 11.5. The Morgan fingerprint density at radius 3 is 2.61 bits per heavy atom. The summed E-state index contributed by atoms with van der Waals surface area (Å²) in [5, 5.41) is 2.10. The van der Waals surface area contributed by atoms with Crippen molar-refractivity contribution in [3.05, 3.63) is 70.9 Å². The molecule has 2 aromatic carbocycles. The third-order valence-electron chi connectivity index (χ3n) is 5.43. The van der Waals surface area contributed by atoms with Crippen LogP contribution in [0, 0.1) is 13.8 Å². The van der Waals surface area contributed by atoms with E-state index in [0.717, 1.165) is 57.1 Å². The molecule has 31 heavy (non-hydrogen) atoms. The van der Waals surface area contributed by atoms with E-state index in [1.807, 2.05) is 31.3 Å². The van der Waals surface area contributed by atoms with Crippen molar-refractivity contribution in [2.24, 2.45) is 0 Å². The van der Waals surface area contributed by atoms with E-state index in [1.165, 1.54) is 5.56 Å². The number of aromatic nitrogens is 2. The molecule has 0 saturated carbocycles. The number of nitrogens with zero attached hydrogens (tertiary/aromatic N) is 2. The number of rotatable bonds is 7. The van der Waals surface area contributed by atoms with Gasteiger partial charge in [0.1, 0.15) is 11.3 Å². The second kappa shape index (κ2) is 9.15. The number of fused-ring (bicyclic) bond motifs is 3. The Balaban J connectivity index is 1.53. The maximum Gasteiger partial charge on any atom is 0.168 e. The lowest BCUT2D eigenvalue weighted by molar-refractivity contribution is 0.334. The first-order valence-electron chi connectivity index (χ1n) is 10.2. The zero-order chi connectivity index (χ0) is 22.0. The van der Waals surface area contributed by atoms with Gasteiger partial charge in [0.15, 0.2) is 14.2 Å². The minimum absolute atomic E-state index is 0.249. The molecule has 4 rings (SSSR count). The van der Waals surface area contributed by atoms with Crippen LogP contribution in [0.15, 0.2) is 48.7 Å². The van der Waals surface area contributed by atoms with Crippen molar-refractivity contribution in [1.29, 1.82) is 0 Å². The van der Waals surface area contributed by atoms with E-state index in [1.54, 1.807) is 0 Å². The monoisotopic (exact) mass is 435 g/mol. The maximum absolute atomic E-state index is 8.98. The molecule has 4 N–H and O–H groups in total. The molecule has 0 amide bonds. The van der Waals surface area contributed by atoms with E-state index in [0.29, 0.717) is 12.4 Å². The minimum atomic E-state index is -1.91. The number of anilines is 1. The van der Waals surface area contributed by atoms with Gasteiger partial charge in [0.25, 0.3) is 0 Å².